The number of aromatic nitrogens is 3. The van der Waals surface area contributed by atoms with E-state index >= 15 is 0 Å². The molecule has 1 N–H and O–H groups in total. The van der Waals surface area contributed by atoms with Crippen molar-refractivity contribution in [2.45, 2.75) is 13.8 Å². The van der Waals surface area contributed by atoms with Gasteiger partial charge in [0.1, 0.15) is 4.88 Å². The van der Waals surface area contributed by atoms with Crippen molar-refractivity contribution < 1.29 is 14.3 Å². The van der Waals surface area contributed by atoms with Crippen LogP contribution in [0.3, 0.4) is 0 Å². The number of esters is 1. The Bertz CT molecular complexity index is 903. The quantitative estimate of drug-likeness (QED) is 0.710. The number of para-hydroxylation sites is 1. The second-order valence-corrected chi connectivity index (χ2v) is 6.07. The summed E-state index contributed by atoms with van der Waals surface area (Å²) in [4.78, 5) is 29.1. The molecule has 0 saturated heterocycles. The molecule has 25 heavy (non-hydrogen) atoms. The van der Waals surface area contributed by atoms with E-state index in [0.717, 1.165) is 11.3 Å². The zero-order valence-corrected chi connectivity index (χ0v) is 14.5. The minimum atomic E-state index is -0.435. The minimum absolute atomic E-state index is 0.287. The molecule has 2 heterocycles. The Morgan fingerprint density at radius 3 is 2.80 bits per heavy atom. The van der Waals surface area contributed by atoms with Crippen LogP contribution >= 0.6 is 11.3 Å². The fourth-order valence-electron chi connectivity index (χ4n) is 2.28. The summed E-state index contributed by atoms with van der Waals surface area (Å²) >= 11 is 1.09. The van der Waals surface area contributed by atoms with Gasteiger partial charge in [0.25, 0.3) is 5.91 Å². The van der Waals surface area contributed by atoms with Crippen LogP contribution in [0, 0.1) is 6.92 Å². The van der Waals surface area contributed by atoms with Gasteiger partial charge in [-0.2, -0.15) is 5.10 Å². The van der Waals surface area contributed by atoms with Gasteiger partial charge in [0.05, 0.1) is 23.6 Å². The monoisotopic (exact) mass is 356 g/mol. The number of nitrogens with one attached hydrogen (secondary N) is 1. The topological polar surface area (TPSA) is 86.1 Å². The third kappa shape index (κ3) is 3.58. The lowest BCUT2D eigenvalue weighted by Crippen LogP contribution is -2.15. The minimum Gasteiger partial charge on any atom is -0.462 e. The van der Waals surface area contributed by atoms with Crippen LogP contribution in [0.5, 0.6) is 0 Å². The van der Waals surface area contributed by atoms with Crippen LogP contribution in [-0.4, -0.2) is 33.2 Å². The van der Waals surface area contributed by atoms with Crippen LogP contribution in [-0.2, 0) is 4.74 Å². The molecule has 2 aromatic heterocycles. The Morgan fingerprint density at radius 1 is 1.28 bits per heavy atom. The molecule has 7 nitrogen and oxygen atoms in total. The van der Waals surface area contributed by atoms with Gasteiger partial charge in [-0.05, 0) is 32.0 Å². The van der Waals surface area contributed by atoms with Crippen molar-refractivity contribution in [3.8, 4) is 5.69 Å². The van der Waals surface area contributed by atoms with E-state index in [-0.39, 0.29) is 12.5 Å². The van der Waals surface area contributed by atoms with Crippen LogP contribution in [0.15, 0.2) is 42.7 Å². The Balaban J connectivity index is 1.85. The molecule has 0 aliphatic heterocycles. The lowest BCUT2D eigenvalue weighted by Gasteiger charge is -2.08. The summed E-state index contributed by atoms with van der Waals surface area (Å²) in [5, 5.41) is 7.25. The molecule has 1 amide bonds. The molecule has 8 heteroatoms. The summed E-state index contributed by atoms with van der Waals surface area (Å²) in [6.07, 6.45) is 3.41. The van der Waals surface area contributed by atoms with E-state index in [9.17, 15) is 9.59 Å². The predicted octanol–water partition coefficient (Wildman–Crippen LogP) is 3.07. The molecule has 0 unspecified atom stereocenters. The number of amides is 1. The maximum absolute atomic E-state index is 12.6. The van der Waals surface area contributed by atoms with E-state index in [4.69, 9.17) is 4.74 Å². The molecule has 0 spiro atoms. The summed E-state index contributed by atoms with van der Waals surface area (Å²) in [5.74, 6) is -0.759. The maximum atomic E-state index is 12.6. The number of benzene rings is 1. The van der Waals surface area contributed by atoms with Gasteiger partial charge in [-0.15, -0.1) is 0 Å². The number of hydrogen-bond donors (Lipinski definition) is 1. The summed E-state index contributed by atoms with van der Waals surface area (Å²) in [5.41, 5.74) is 1.64. The first-order valence-electron chi connectivity index (χ1n) is 7.65. The van der Waals surface area contributed by atoms with Gasteiger partial charge >= 0.3 is 5.97 Å². The van der Waals surface area contributed by atoms with Crippen molar-refractivity contribution in [1.82, 2.24) is 14.8 Å². The SMILES string of the molecule is CCOC(=O)c1sc(NC(=O)c2ccccc2-n2cccn2)nc1C. The first-order valence-corrected chi connectivity index (χ1v) is 8.46. The highest BCUT2D eigenvalue weighted by atomic mass is 32.1. The van der Waals surface area contributed by atoms with E-state index in [1.807, 2.05) is 6.07 Å². The lowest BCUT2D eigenvalue weighted by atomic mass is 10.1. The maximum Gasteiger partial charge on any atom is 0.350 e. The molecular weight excluding hydrogens is 340 g/mol. The van der Waals surface area contributed by atoms with E-state index in [2.05, 4.69) is 15.4 Å². The number of nitrogens with zero attached hydrogens (tertiary/aromatic N) is 3. The molecule has 0 bridgehead atoms. The predicted molar refractivity (Wildman–Crippen MR) is 94.3 cm³/mol. The van der Waals surface area contributed by atoms with Crippen LogP contribution < -0.4 is 5.32 Å². The van der Waals surface area contributed by atoms with Crippen molar-refractivity contribution in [3.05, 3.63) is 58.9 Å². The van der Waals surface area contributed by atoms with Crippen LogP contribution in [0.4, 0.5) is 5.13 Å². The summed E-state index contributed by atoms with van der Waals surface area (Å²) in [7, 11) is 0. The highest BCUT2D eigenvalue weighted by molar-refractivity contribution is 7.17. The third-order valence-corrected chi connectivity index (χ3v) is 4.43. The lowest BCUT2D eigenvalue weighted by molar-refractivity contribution is 0.0531. The molecule has 0 aliphatic carbocycles. The summed E-state index contributed by atoms with van der Waals surface area (Å²) in [6, 6.07) is 8.90. The van der Waals surface area contributed by atoms with Gasteiger partial charge in [-0.1, -0.05) is 23.5 Å². The number of carbonyl (C=O) groups is 2. The molecule has 0 fully saturated rings. The average Bonchev–Trinajstić information content (AvgIpc) is 3.25. The van der Waals surface area contributed by atoms with Crippen molar-refractivity contribution >= 4 is 28.3 Å². The highest BCUT2D eigenvalue weighted by Gasteiger charge is 2.19. The Morgan fingerprint density at radius 2 is 2.08 bits per heavy atom. The van der Waals surface area contributed by atoms with E-state index < -0.39 is 5.97 Å². The van der Waals surface area contributed by atoms with E-state index in [0.29, 0.717) is 27.0 Å². The van der Waals surface area contributed by atoms with Crippen LogP contribution in [0.1, 0.15) is 32.6 Å². The molecule has 0 radical (unpaired) electrons. The van der Waals surface area contributed by atoms with E-state index in [1.54, 1.807) is 55.2 Å². The number of rotatable bonds is 5. The second-order valence-electron chi connectivity index (χ2n) is 5.08. The molecule has 3 rings (SSSR count). The van der Waals surface area contributed by atoms with Gasteiger partial charge in [0.15, 0.2) is 5.13 Å². The van der Waals surface area contributed by atoms with Gasteiger partial charge in [0, 0.05) is 12.4 Å². The number of thiazole rings is 1. The van der Waals surface area contributed by atoms with Crippen molar-refractivity contribution in [2.75, 3.05) is 11.9 Å². The number of carbonyl (C=O) groups excluding carboxylic acids is 2. The average molecular weight is 356 g/mol. The molecule has 3 aromatic rings. The molecular formula is C17H16N4O3S. The first kappa shape index (κ1) is 16.8. The van der Waals surface area contributed by atoms with Gasteiger partial charge < -0.3 is 4.74 Å². The van der Waals surface area contributed by atoms with E-state index in [1.165, 1.54) is 0 Å². The van der Waals surface area contributed by atoms with Crippen molar-refractivity contribution in [2.24, 2.45) is 0 Å². The molecule has 0 atom stereocenters. The number of aryl methyl sites for hydroxylation is 1. The Labute approximate surface area is 148 Å². The molecule has 0 aliphatic rings. The van der Waals surface area contributed by atoms with Crippen molar-refractivity contribution in [1.29, 1.82) is 0 Å². The first-order chi connectivity index (χ1) is 12.1. The number of ether oxygens (including phenoxy) is 1. The fourth-order valence-corrected chi connectivity index (χ4v) is 3.13. The molecule has 128 valence electrons. The summed E-state index contributed by atoms with van der Waals surface area (Å²) in [6.45, 7) is 3.73. The number of anilines is 1. The zero-order valence-electron chi connectivity index (χ0n) is 13.7. The summed E-state index contributed by atoms with van der Waals surface area (Å²) < 4.78 is 6.60. The standard InChI is InChI=1S/C17H16N4O3S/c1-3-24-16(23)14-11(2)19-17(25-14)20-15(22)12-7-4-5-8-13(12)21-10-6-9-18-21/h4-10H,3H2,1-2H3,(H,19,20,22). The normalized spacial score (nSPS) is 10.5. The molecule has 1 aromatic carbocycles. The largest absolute Gasteiger partial charge is 0.462 e. The second kappa shape index (κ2) is 7.27. The Kier molecular flexibility index (Phi) is 4.90. The smallest absolute Gasteiger partial charge is 0.350 e. The highest BCUT2D eigenvalue weighted by Crippen LogP contribution is 2.24. The zero-order chi connectivity index (χ0) is 17.8. The number of hydrogen-bond acceptors (Lipinski definition) is 6. The van der Waals surface area contributed by atoms with Crippen LogP contribution in [0.25, 0.3) is 5.69 Å². The van der Waals surface area contributed by atoms with Gasteiger partial charge in [-0.3, -0.25) is 10.1 Å². The molecule has 0 saturated carbocycles. The Hall–Kier alpha value is -3.00. The fraction of sp³-hybridized carbons (Fsp3) is 0.176. The van der Waals surface area contributed by atoms with Gasteiger partial charge in [-0.25, -0.2) is 14.5 Å². The van der Waals surface area contributed by atoms with Crippen LogP contribution in [0.2, 0.25) is 0 Å². The van der Waals surface area contributed by atoms with Crippen molar-refractivity contribution in [3.63, 3.8) is 0 Å². The third-order valence-electron chi connectivity index (χ3n) is 3.38. The van der Waals surface area contributed by atoms with Gasteiger partial charge in [0.2, 0.25) is 0 Å².